The molecule has 1 fully saturated rings. The number of aromatic nitrogens is 5. The van der Waals surface area contributed by atoms with Gasteiger partial charge in [0, 0.05) is 38.1 Å². The lowest BCUT2D eigenvalue weighted by Gasteiger charge is -2.35. The highest BCUT2D eigenvalue weighted by Gasteiger charge is 2.26. The minimum atomic E-state index is 0.0959. The minimum absolute atomic E-state index is 0.0959. The summed E-state index contributed by atoms with van der Waals surface area (Å²) in [6.07, 6.45) is 1.54. The maximum atomic E-state index is 13.0. The Morgan fingerprint density at radius 2 is 1.93 bits per heavy atom. The number of carbonyl (C=O) groups excluding carboxylic acids is 1. The number of piperazine rings is 1. The van der Waals surface area contributed by atoms with E-state index >= 15 is 0 Å². The first-order valence-electron chi connectivity index (χ1n) is 8.95. The van der Waals surface area contributed by atoms with E-state index in [9.17, 15) is 4.79 Å². The van der Waals surface area contributed by atoms with E-state index in [1.54, 1.807) is 16.4 Å². The highest BCUT2D eigenvalue weighted by molar-refractivity contribution is 7.99. The molecule has 0 unspecified atom stereocenters. The molecule has 3 heterocycles. The van der Waals surface area contributed by atoms with Crippen LogP contribution in [0.4, 0.5) is 5.82 Å². The molecule has 0 aliphatic carbocycles. The Hall–Kier alpha value is -2.68. The second-order valence-electron chi connectivity index (χ2n) is 6.29. The largest absolute Gasteiger partial charge is 0.351 e. The van der Waals surface area contributed by atoms with Gasteiger partial charge >= 0.3 is 0 Å². The smallest absolute Gasteiger partial charge is 0.255 e. The van der Waals surface area contributed by atoms with Crippen molar-refractivity contribution in [2.24, 2.45) is 7.05 Å². The zero-order chi connectivity index (χ0) is 18.8. The van der Waals surface area contributed by atoms with Crippen LogP contribution < -0.4 is 4.90 Å². The number of hydrogen-bond donors (Lipinski definition) is 0. The summed E-state index contributed by atoms with van der Waals surface area (Å²) in [6, 6.07) is 7.84. The Bertz CT molecular complexity index is 965. The number of hydrogen-bond acceptors (Lipinski definition) is 7. The first kappa shape index (κ1) is 17.7. The number of nitrogens with zero attached hydrogens (tertiary/aromatic N) is 7. The summed E-state index contributed by atoms with van der Waals surface area (Å²) >= 11 is 1.70. The predicted octanol–water partition coefficient (Wildman–Crippen LogP) is 1.83. The van der Waals surface area contributed by atoms with E-state index in [1.165, 1.54) is 6.33 Å². The van der Waals surface area contributed by atoms with Gasteiger partial charge in [0.25, 0.3) is 5.91 Å². The zero-order valence-corrected chi connectivity index (χ0v) is 16.2. The van der Waals surface area contributed by atoms with Crippen molar-refractivity contribution in [2.75, 3.05) is 36.8 Å². The van der Waals surface area contributed by atoms with Gasteiger partial charge in [-0.25, -0.2) is 14.6 Å². The van der Waals surface area contributed by atoms with Gasteiger partial charge in [0.05, 0.1) is 5.56 Å². The molecule has 0 spiro atoms. The van der Waals surface area contributed by atoms with Crippen LogP contribution in [0.5, 0.6) is 0 Å². The Labute approximate surface area is 161 Å². The molecule has 0 bridgehead atoms. The lowest BCUT2D eigenvalue weighted by atomic mass is 10.2. The van der Waals surface area contributed by atoms with Gasteiger partial charge < -0.3 is 9.80 Å². The van der Waals surface area contributed by atoms with Gasteiger partial charge in [-0.05, 0) is 17.9 Å². The molecule has 140 valence electrons. The van der Waals surface area contributed by atoms with Crippen molar-refractivity contribution in [2.45, 2.75) is 11.8 Å². The second kappa shape index (κ2) is 7.51. The van der Waals surface area contributed by atoms with Crippen molar-refractivity contribution in [3.05, 3.63) is 36.2 Å². The van der Waals surface area contributed by atoms with Crippen LogP contribution in [0.3, 0.4) is 0 Å². The monoisotopic (exact) mass is 383 g/mol. The second-order valence-corrected chi connectivity index (χ2v) is 7.60. The number of thioether (sulfide) groups is 1. The predicted molar refractivity (Wildman–Crippen MR) is 105 cm³/mol. The molecule has 3 aromatic rings. The van der Waals surface area contributed by atoms with Crippen LogP contribution in [0.25, 0.3) is 11.2 Å². The van der Waals surface area contributed by atoms with Crippen LogP contribution in [0.2, 0.25) is 0 Å². The van der Waals surface area contributed by atoms with Crippen LogP contribution in [-0.4, -0.2) is 67.7 Å². The Kier molecular flexibility index (Phi) is 4.93. The lowest BCUT2D eigenvalue weighted by molar-refractivity contribution is 0.0743. The highest BCUT2D eigenvalue weighted by Crippen LogP contribution is 2.25. The molecule has 27 heavy (non-hydrogen) atoms. The molecule has 1 amide bonds. The summed E-state index contributed by atoms with van der Waals surface area (Å²) in [5, 5.41) is 8.22. The van der Waals surface area contributed by atoms with Gasteiger partial charge in [0.1, 0.15) is 6.33 Å². The molecule has 2 aromatic heterocycles. The fraction of sp³-hybridized carbons (Fsp3) is 0.389. The summed E-state index contributed by atoms with van der Waals surface area (Å²) in [5.41, 5.74) is 2.20. The van der Waals surface area contributed by atoms with E-state index in [0.717, 1.165) is 22.0 Å². The molecule has 1 aliphatic heterocycles. The number of aryl methyl sites for hydroxylation is 1. The van der Waals surface area contributed by atoms with Crippen molar-refractivity contribution < 1.29 is 4.79 Å². The van der Waals surface area contributed by atoms with Gasteiger partial charge in [-0.15, -0.1) is 16.9 Å². The van der Waals surface area contributed by atoms with Crippen LogP contribution in [-0.2, 0) is 7.05 Å². The Morgan fingerprint density at radius 3 is 2.70 bits per heavy atom. The molecule has 9 heteroatoms. The fourth-order valence-electron chi connectivity index (χ4n) is 3.29. The molecule has 1 aromatic carbocycles. The number of rotatable bonds is 4. The maximum Gasteiger partial charge on any atom is 0.255 e. The van der Waals surface area contributed by atoms with Gasteiger partial charge in [-0.2, -0.15) is 0 Å². The number of amides is 1. The van der Waals surface area contributed by atoms with Crippen LogP contribution in [0, 0.1) is 0 Å². The molecular formula is C18H21N7OS. The third-order valence-corrected chi connectivity index (χ3v) is 5.61. The third kappa shape index (κ3) is 3.34. The van der Waals surface area contributed by atoms with E-state index < -0.39 is 0 Å². The van der Waals surface area contributed by atoms with Crippen molar-refractivity contribution >= 4 is 34.7 Å². The average Bonchev–Trinajstić information content (AvgIpc) is 3.09. The Morgan fingerprint density at radius 1 is 1.15 bits per heavy atom. The van der Waals surface area contributed by atoms with E-state index in [1.807, 2.05) is 36.2 Å². The number of fused-ring (bicyclic) bond motifs is 1. The molecule has 0 saturated carbocycles. The van der Waals surface area contributed by atoms with Gasteiger partial charge in [0.15, 0.2) is 17.0 Å². The molecular weight excluding hydrogens is 362 g/mol. The molecule has 1 saturated heterocycles. The van der Waals surface area contributed by atoms with E-state index in [2.05, 4.69) is 32.1 Å². The minimum Gasteiger partial charge on any atom is -0.351 e. The van der Waals surface area contributed by atoms with Crippen molar-refractivity contribution in [1.29, 1.82) is 0 Å². The number of anilines is 1. The van der Waals surface area contributed by atoms with E-state index in [-0.39, 0.29) is 5.91 Å². The zero-order valence-electron chi connectivity index (χ0n) is 15.4. The molecule has 0 atom stereocenters. The first-order valence-corrected chi connectivity index (χ1v) is 9.94. The SMILES string of the molecule is CCSc1ccccc1C(=O)N1CCN(c2ncnc3c2nnn3C)CC1. The summed E-state index contributed by atoms with van der Waals surface area (Å²) in [7, 11) is 1.81. The fourth-order valence-corrected chi connectivity index (χ4v) is 4.09. The average molecular weight is 383 g/mol. The molecule has 0 radical (unpaired) electrons. The molecule has 1 aliphatic rings. The highest BCUT2D eigenvalue weighted by atomic mass is 32.2. The molecule has 8 nitrogen and oxygen atoms in total. The van der Waals surface area contributed by atoms with Crippen molar-refractivity contribution in [3.63, 3.8) is 0 Å². The van der Waals surface area contributed by atoms with Gasteiger partial charge in [-0.1, -0.05) is 24.3 Å². The van der Waals surface area contributed by atoms with Crippen LogP contribution in [0.1, 0.15) is 17.3 Å². The maximum absolute atomic E-state index is 13.0. The summed E-state index contributed by atoms with van der Waals surface area (Å²) in [5.74, 6) is 1.82. The van der Waals surface area contributed by atoms with E-state index in [4.69, 9.17) is 0 Å². The van der Waals surface area contributed by atoms with E-state index in [0.29, 0.717) is 37.3 Å². The topological polar surface area (TPSA) is 80.0 Å². The van der Waals surface area contributed by atoms with Crippen LogP contribution in [0.15, 0.2) is 35.5 Å². The number of benzene rings is 1. The Balaban J connectivity index is 1.50. The summed E-state index contributed by atoms with van der Waals surface area (Å²) in [4.78, 5) is 26.8. The quantitative estimate of drug-likeness (QED) is 0.636. The summed E-state index contributed by atoms with van der Waals surface area (Å²) in [6.45, 7) is 4.81. The molecule has 0 N–H and O–H groups in total. The molecule has 4 rings (SSSR count). The lowest BCUT2D eigenvalue weighted by Crippen LogP contribution is -2.49. The van der Waals surface area contributed by atoms with Crippen LogP contribution >= 0.6 is 11.8 Å². The van der Waals surface area contributed by atoms with Gasteiger partial charge in [0.2, 0.25) is 0 Å². The van der Waals surface area contributed by atoms with Crippen molar-refractivity contribution in [1.82, 2.24) is 29.9 Å². The normalized spacial score (nSPS) is 14.7. The summed E-state index contributed by atoms with van der Waals surface area (Å²) < 4.78 is 1.64. The third-order valence-electron chi connectivity index (χ3n) is 4.65. The number of carbonyl (C=O) groups is 1. The first-order chi connectivity index (χ1) is 13.2. The van der Waals surface area contributed by atoms with Gasteiger partial charge in [-0.3, -0.25) is 4.79 Å². The van der Waals surface area contributed by atoms with Crippen molar-refractivity contribution in [3.8, 4) is 0 Å². The standard InChI is InChI=1S/C18H21N7OS/c1-3-27-14-7-5-4-6-13(14)18(26)25-10-8-24(9-11-25)17-15-16(19-12-20-17)23(2)22-21-15/h4-7,12H,3,8-11H2,1-2H3.